The minimum absolute atomic E-state index is 0.0476. The highest BCUT2D eigenvalue weighted by Crippen LogP contribution is 2.47. The second kappa shape index (κ2) is 11.4. The Hall–Kier alpha value is -3.06. The molecule has 38 heavy (non-hydrogen) atoms. The molecule has 0 amide bonds. The van der Waals surface area contributed by atoms with Crippen LogP contribution in [0.25, 0.3) is 0 Å². The van der Waals surface area contributed by atoms with Crippen LogP contribution in [0.2, 0.25) is 0 Å². The quantitative estimate of drug-likeness (QED) is 0.384. The Kier molecular flexibility index (Phi) is 7.93. The second-order valence-corrected chi connectivity index (χ2v) is 11.2. The van der Waals surface area contributed by atoms with E-state index in [1.165, 1.54) is 6.42 Å². The summed E-state index contributed by atoms with van der Waals surface area (Å²) < 4.78 is 17.6. The van der Waals surface area contributed by atoms with Gasteiger partial charge in [-0.1, -0.05) is 24.6 Å². The number of hydrogen-bond acceptors (Lipinski definition) is 6. The molecular formula is C31H34BrNO5. The molecule has 1 saturated carbocycles. The summed E-state index contributed by atoms with van der Waals surface area (Å²) in [6.45, 7) is 1.91. The van der Waals surface area contributed by atoms with Crippen LogP contribution in [0.1, 0.15) is 74.8 Å². The number of methoxy groups -OCH3 is 2. The summed E-state index contributed by atoms with van der Waals surface area (Å²) in [5, 5.41) is 3.45. The molecule has 200 valence electrons. The van der Waals surface area contributed by atoms with Gasteiger partial charge < -0.3 is 19.5 Å². The van der Waals surface area contributed by atoms with Gasteiger partial charge in [0.25, 0.3) is 0 Å². The molecule has 2 aromatic carbocycles. The maximum atomic E-state index is 13.9. The fraction of sp³-hybridized carbons (Fsp3) is 0.419. The number of carbonyl (C=O) groups is 2. The van der Waals surface area contributed by atoms with Crippen LogP contribution >= 0.6 is 15.9 Å². The largest absolute Gasteiger partial charge is 0.497 e. The summed E-state index contributed by atoms with van der Waals surface area (Å²) >= 11 is 3.60. The minimum Gasteiger partial charge on any atom is -0.497 e. The smallest absolute Gasteiger partial charge is 0.337 e. The Morgan fingerprint density at radius 3 is 2.32 bits per heavy atom. The van der Waals surface area contributed by atoms with Crippen molar-refractivity contribution in [2.45, 2.75) is 69.8 Å². The number of nitrogens with one attached hydrogen (secondary N) is 1. The molecule has 7 heteroatoms. The van der Waals surface area contributed by atoms with Crippen LogP contribution < -0.4 is 14.8 Å². The molecule has 0 bridgehead atoms. The number of carbonyl (C=O) groups excluding carboxylic acids is 2. The molecule has 6 nitrogen and oxygen atoms in total. The molecule has 1 heterocycles. The van der Waals surface area contributed by atoms with Crippen molar-refractivity contribution < 1.29 is 23.8 Å². The van der Waals surface area contributed by atoms with E-state index in [9.17, 15) is 9.59 Å². The Balaban J connectivity index is 1.53. The van der Waals surface area contributed by atoms with Crippen LogP contribution in [-0.4, -0.2) is 32.1 Å². The third-order valence-corrected chi connectivity index (χ3v) is 8.59. The zero-order valence-electron chi connectivity index (χ0n) is 22.1. The third-order valence-electron chi connectivity index (χ3n) is 7.97. The van der Waals surface area contributed by atoms with Gasteiger partial charge in [0.1, 0.15) is 17.6 Å². The zero-order valence-corrected chi connectivity index (χ0v) is 23.7. The summed E-state index contributed by atoms with van der Waals surface area (Å²) in [7, 11) is 3.26. The number of benzene rings is 2. The van der Waals surface area contributed by atoms with Crippen LogP contribution in [0.15, 0.2) is 69.5 Å². The molecule has 0 radical (unpaired) electrons. The summed E-state index contributed by atoms with van der Waals surface area (Å²) in [4.78, 5) is 27.6. The van der Waals surface area contributed by atoms with E-state index < -0.39 is 5.92 Å². The highest BCUT2D eigenvalue weighted by atomic mass is 79.9. The van der Waals surface area contributed by atoms with Gasteiger partial charge in [0.15, 0.2) is 5.78 Å². The van der Waals surface area contributed by atoms with E-state index >= 15 is 0 Å². The molecule has 0 aromatic heterocycles. The third kappa shape index (κ3) is 5.26. The van der Waals surface area contributed by atoms with E-state index in [1.54, 1.807) is 14.2 Å². The lowest BCUT2D eigenvalue weighted by Gasteiger charge is -2.37. The zero-order chi connectivity index (χ0) is 26.8. The molecule has 1 fully saturated rings. The topological polar surface area (TPSA) is 73.9 Å². The lowest BCUT2D eigenvalue weighted by Crippen LogP contribution is -2.37. The average Bonchev–Trinajstić information content (AvgIpc) is 2.92. The Bertz CT molecular complexity index is 1290. The van der Waals surface area contributed by atoms with Crippen molar-refractivity contribution in [2.75, 3.05) is 14.2 Å². The number of esters is 1. The number of halogens is 1. The normalized spacial score (nSPS) is 22.1. The monoisotopic (exact) mass is 579 g/mol. The van der Waals surface area contributed by atoms with Crippen molar-refractivity contribution >= 4 is 27.7 Å². The highest BCUT2D eigenvalue weighted by molar-refractivity contribution is 9.10. The van der Waals surface area contributed by atoms with Gasteiger partial charge in [-0.2, -0.15) is 0 Å². The number of Topliss-reactive ketones (excluding diaryl/α,β-unsaturated/α-hetero) is 1. The molecule has 3 aliphatic rings. The molecule has 2 aliphatic carbocycles. The molecule has 0 saturated heterocycles. The van der Waals surface area contributed by atoms with Gasteiger partial charge in [0, 0.05) is 29.3 Å². The van der Waals surface area contributed by atoms with Gasteiger partial charge >= 0.3 is 5.97 Å². The van der Waals surface area contributed by atoms with Crippen molar-refractivity contribution in [3.8, 4) is 11.5 Å². The molecule has 2 atom stereocenters. The number of rotatable bonds is 6. The van der Waals surface area contributed by atoms with Gasteiger partial charge in [0.2, 0.25) is 0 Å². The maximum Gasteiger partial charge on any atom is 0.337 e. The fourth-order valence-corrected chi connectivity index (χ4v) is 6.57. The van der Waals surface area contributed by atoms with Crippen LogP contribution in [0.3, 0.4) is 0 Å². The standard InChI is InChI=1S/C31H34BrNO5/c1-18-28(31(35)38-23-7-5-4-6-8-23)29(20-11-14-27(37-3)24(32)15-20)30-25(33-18)16-21(17-26(30)34)19-9-12-22(36-2)13-10-19/h9-15,21,23,29,33H,4-8,16-17H2,1-3H3. The van der Waals surface area contributed by atoms with Gasteiger partial charge in [-0.15, -0.1) is 0 Å². The SMILES string of the molecule is COc1ccc(C2CC(=O)C3=C(C2)NC(C)=C(C(=O)OC2CCCCC2)C3c2ccc(OC)c(Br)c2)cc1. The molecule has 2 unspecified atom stereocenters. The van der Waals surface area contributed by atoms with E-state index in [4.69, 9.17) is 14.2 Å². The first-order valence-corrected chi connectivity index (χ1v) is 14.1. The molecule has 5 rings (SSSR count). The Labute approximate surface area is 232 Å². The van der Waals surface area contributed by atoms with Crippen molar-refractivity contribution in [3.05, 3.63) is 80.6 Å². The van der Waals surface area contributed by atoms with Crippen LogP contribution in [0.5, 0.6) is 11.5 Å². The number of ether oxygens (including phenoxy) is 3. The lowest BCUT2D eigenvalue weighted by atomic mass is 9.71. The minimum atomic E-state index is -0.506. The summed E-state index contributed by atoms with van der Waals surface area (Å²) in [5.41, 5.74) is 4.75. The van der Waals surface area contributed by atoms with Crippen LogP contribution in [-0.2, 0) is 14.3 Å². The molecule has 2 aromatic rings. The van der Waals surface area contributed by atoms with E-state index in [-0.39, 0.29) is 23.8 Å². The second-order valence-electron chi connectivity index (χ2n) is 10.3. The number of allylic oxidation sites excluding steroid dienone is 3. The predicted molar refractivity (Wildman–Crippen MR) is 149 cm³/mol. The van der Waals surface area contributed by atoms with E-state index in [0.29, 0.717) is 29.7 Å². The van der Waals surface area contributed by atoms with Crippen molar-refractivity contribution in [3.63, 3.8) is 0 Å². The van der Waals surface area contributed by atoms with Crippen molar-refractivity contribution in [2.24, 2.45) is 0 Å². The number of dihydropyridines is 1. The average molecular weight is 581 g/mol. The van der Waals surface area contributed by atoms with E-state index in [1.807, 2.05) is 49.4 Å². The molecule has 1 N–H and O–H groups in total. The maximum absolute atomic E-state index is 13.9. The number of ketones is 1. The first kappa shape index (κ1) is 26.5. The van der Waals surface area contributed by atoms with E-state index in [0.717, 1.165) is 58.4 Å². The van der Waals surface area contributed by atoms with Gasteiger partial charge in [-0.3, -0.25) is 4.79 Å². The van der Waals surface area contributed by atoms with Crippen LogP contribution in [0, 0.1) is 0 Å². The summed E-state index contributed by atoms with van der Waals surface area (Å²) in [5.74, 6) is 0.734. The van der Waals surface area contributed by atoms with Crippen molar-refractivity contribution in [1.82, 2.24) is 5.32 Å². The first-order valence-electron chi connectivity index (χ1n) is 13.3. The van der Waals surface area contributed by atoms with E-state index in [2.05, 4.69) is 21.2 Å². The summed E-state index contributed by atoms with van der Waals surface area (Å²) in [6.07, 6.45) is 6.10. The first-order chi connectivity index (χ1) is 18.4. The Morgan fingerprint density at radius 2 is 1.66 bits per heavy atom. The fourth-order valence-electron chi connectivity index (χ4n) is 6.01. The van der Waals surface area contributed by atoms with Gasteiger partial charge in [-0.05, 0) is 96.3 Å². The van der Waals surface area contributed by atoms with Crippen molar-refractivity contribution in [1.29, 1.82) is 0 Å². The highest BCUT2D eigenvalue weighted by Gasteiger charge is 2.42. The number of hydrogen-bond donors (Lipinski definition) is 1. The Morgan fingerprint density at radius 1 is 0.947 bits per heavy atom. The molecule has 1 aliphatic heterocycles. The van der Waals surface area contributed by atoms with Gasteiger partial charge in [0.05, 0.1) is 24.3 Å². The lowest BCUT2D eigenvalue weighted by molar-refractivity contribution is -0.146. The van der Waals surface area contributed by atoms with Gasteiger partial charge in [-0.25, -0.2) is 4.79 Å². The molecular weight excluding hydrogens is 546 g/mol. The van der Waals surface area contributed by atoms with Crippen LogP contribution in [0.4, 0.5) is 0 Å². The predicted octanol–water partition coefficient (Wildman–Crippen LogP) is 6.70. The summed E-state index contributed by atoms with van der Waals surface area (Å²) in [6, 6.07) is 13.7. The molecule has 0 spiro atoms.